The molecule has 8 heteroatoms. The molecule has 1 aliphatic heterocycles. The van der Waals surface area contributed by atoms with Gasteiger partial charge in [-0.05, 0) is 56.4 Å². The lowest BCUT2D eigenvalue weighted by atomic mass is 9.88. The minimum absolute atomic E-state index is 0.0796. The number of carbonyl (C=O) groups excluding carboxylic acids is 1. The Morgan fingerprint density at radius 2 is 1.68 bits per heavy atom. The molecule has 0 bridgehead atoms. The number of amides is 1. The average molecular weight is 521 g/mol. The zero-order valence-corrected chi connectivity index (χ0v) is 22.7. The molecule has 2 fully saturated rings. The van der Waals surface area contributed by atoms with E-state index in [4.69, 9.17) is 10.1 Å². The van der Waals surface area contributed by atoms with Gasteiger partial charge in [-0.25, -0.2) is 18.1 Å². The third-order valence-corrected chi connectivity index (χ3v) is 9.38. The lowest BCUT2D eigenvalue weighted by Gasteiger charge is -2.20. The maximum Gasteiger partial charge on any atom is 0.222 e. The Balaban J connectivity index is 1.34. The van der Waals surface area contributed by atoms with Crippen molar-refractivity contribution in [2.45, 2.75) is 75.1 Å². The van der Waals surface area contributed by atoms with Crippen LogP contribution in [0.25, 0.3) is 0 Å². The summed E-state index contributed by atoms with van der Waals surface area (Å²) in [5, 5.41) is 4.88. The number of likely N-dealkylation sites (tertiary alicyclic amines) is 1. The summed E-state index contributed by atoms with van der Waals surface area (Å²) in [6.45, 7) is 7.21. The Bertz CT molecular complexity index is 1350. The second kappa shape index (κ2) is 10.4. The number of nitrogens with zero attached hydrogens (tertiary/aromatic N) is 4. The van der Waals surface area contributed by atoms with Gasteiger partial charge in [0.15, 0.2) is 15.7 Å². The number of sulfone groups is 1. The molecule has 5 rings (SSSR count). The van der Waals surface area contributed by atoms with Crippen LogP contribution < -0.4 is 0 Å². The molecule has 1 saturated carbocycles. The molecule has 2 heterocycles. The minimum atomic E-state index is -3.22. The molecular formula is C29H36N4O3S. The highest BCUT2D eigenvalue weighted by atomic mass is 32.2. The molecule has 1 aliphatic carbocycles. The van der Waals surface area contributed by atoms with E-state index in [2.05, 4.69) is 42.8 Å². The number of benzene rings is 2. The molecule has 7 nitrogen and oxygen atoms in total. The molecule has 0 radical (unpaired) electrons. The van der Waals surface area contributed by atoms with Crippen LogP contribution in [0.15, 0.2) is 59.5 Å². The van der Waals surface area contributed by atoms with Crippen molar-refractivity contribution in [1.29, 1.82) is 0 Å². The minimum Gasteiger partial charge on any atom is -0.341 e. The van der Waals surface area contributed by atoms with Gasteiger partial charge in [-0.3, -0.25) is 4.79 Å². The van der Waals surface area contributed by atoms with Crippen LogP contribution in [0.2, 0.25) is 0 Å². The summed E-state index contributed by atoms with van der Waals surface area (Å²) in [5.74, 6) is 2.88. The molecule has 2 atom stereocenters. The van der Waals surface area contributed by atoms with Gasteiger partial charge in [0.2, 0.25) is 5.91 Å². The molecule has 37 heavy (non-hydrogen) atoms. The smallest absolute Gasteiger partial charge is 0.222 e. The number of carbonyl (C=O) groups is 1. The van der Waals surface area contributed by atoms with E-state index in [9.17, 15) is 13.2 Å². The fourth-order valence-corrected chi connectivity index (χ4v) is 6.13. The van der Waals surface area contributed by atoms with Crippen LogP contribution in [-0.2, 0) is 21.1 Å². The molecule has 1 saturated heterocycles. The topological polar surface area (TPSA) is 85.2 Å². The first-order chi connectivity index (χ1) is 17.8. The van der Waals surface area contributed by atoms with Crippen molar-refractivity contribution in [3.63, 3.8) is 0 Å². The van der Waals surface area contributed by atoms with Crippen LogP contribution >= 0.6 is 0 Å². The quantitative estimate of drug-likeness (QED) is 0.402. The third kappa shape index (κ3) is 5.49. The SMILES string of the molecule is CCS(=O)(=O)c1ccc(CCC(=O)N2CC(c3ccccc3)C(c3nc(C4CC4)nn3C(C)C)C2)cc1. The van der Waals surface area contributed by atoms with Crippen molar-refractivity contribution in [3.05, 3.63) is 77.4 Å². The van der Waals surface area contributed by atoms with E-state index in [-0.39, 0.29) is 29.5 Å². The average Bonchev–Trinajstić information content (AvgIpc) is 3.50. The van der Waals surface area contributed by atoms with Gasteiger partial charge in [-0.1, -0.05) is 49.4 Å². The van der Waals surface area contributed by atoms with Crippen LogP contribution in [0.5, 0.6) is 0 Å². The van der Waals surface area contributed by atoms with Crippen molar-refractivity contribution in [3.8, 4) is 0 Å². The molecule has 1 aromatic heterocycles. The third-order valence-electron chi connectivity index (χ3n) is 7.63. The Hall–Kier alpha value is -3.00. The summed E-state index contributed by atoms with van der Waals surface area (Å²) in [4.78, 5) is 20.7. The van der Waals surface area contributed by atoms with Gasteiger partial charge in [-0.15, -0.1) is 0 Å². The lowest BCUT2D eigenvalue weighted by molar-refractivity contribution is -0.130. The van der Waals surface area contributed by atoms with Gasteiger partial charge in [0.1, 0.15) is 5.82 Å². The highest BCUT2D eigenvalue weighted by Crippen LogP contribution is 2.43. The summed E-state index contributed by atoms with van der Waals surface area (Å²) in [6, 6.07) is 17.6. The number of hydrogen-bond donors (Lipinski definition) is 0. The van der Waals surface area contributed by atoms with E-state index in [0.717, 1.165) is 30.1 Å². The molecule has 0 spiro atoms. The standard InChI is InChI=1S/C29H36N4O3S/c1-4-37(35,36)24-15-10-21(11-16-24)12-17-27(34)32-18-25(22-8-6-5-7-9-22)26(19-32)29-30-28(23-13-14-23)31-33(29)20(2)3/h5-11,15-16,20,23,25-26H,4,12-14,17-19H2,1-3H3. The summed E-state index contributed by atoms with van der Waals surface area (Å²) < 4.78 is 26.2. The van der Waals surface area contributed by atoms with Gasteiger partial charge in [0.05, 0.1) is 10.6 Å². The van der Waals surface area contributed by atoms with Crippen molar-refractivity contribution >= 4 is 15.7 Å². The molecular weight excluding hydrogens is 484 g/mol. The number of aromatic nitrogens is 3. The first-order valence-corrected chi connectivity index (χ1v) is 15.0. The van der Waals surface area contributed by atoms with Crippen molar-refractivity contribution in [2.75, 3.05) is 18.8 Å². The first-order valence-electron chi connectivity index (χ1n) is 13.4. The van der Waals surface area contributed by atoms with Crippen LogP contribution in [0, 0.1) is 0 Å². The highest BCUT2D eigenvalue weighted by molar-refractivity contribution is 7.91. The van der Waals surface area contributed by atoms with Gasteiger partial charge >= 0.3 is 0 Å². The maximum absolute atomic E-state index is 13.4. The van der Waals surface area contributed by atoms with Crippen molar-refractivity contribution in [2.24, 2.45) is 0 Å². The van der Waals surface area contributed by atoms with E-state index in [1.165, 1.54) is 5.56 Å². The van der Waals surface area contributed by atoms with E-state index in [1.54, 1.807) is 19.1 Å². The predicted molar refractivity (Wildman–Crippen MR) is 143 cm³/mol. The predicted octanol–water partition coefficient (Wildman–Crippen LogP) is 4.87. The zero-order valence-electron chi connectivity index (χ0n) is 21.9. The largest absolute Gasteiger partial charge is 0.341 e. The molecule has 2 unspecified atom stereocenters. The lowest BCUT2D eigenvalue weighted by Crippen LogP contribution is -2.29. The van der Waals surface area contributed by atoms with Gasteiger partial charge in [-0.2, -0.15) is 5.10 Å². The molecule has 1 amide bonds. The van der Waals surface area contributed by atoms with E-state index >= 15 is 0 Å². The Kier molecular flexibility index (Phi) is 7.21. The fraction of sp³-hybridized carbons (Fsp3) is 0.483. The second-order valence-corrected chi connectivity index (χ2v) is 12.9. The Morgan fingerprint density at radius 1 is 1.00 bits per heavy atom. The summed E-state index contributed by atoms with van der Waals surface area (Å²) in [7, 11) is -3.22. The van der Waals surface area contributed by atoms with E-state index in [1.807, 2.05) is 23.1 Å². The molecule has 196 valence electrons. The second-order valence-electron chi connectivity index (χ2n) is 10.6. The Labute approximate surface area is 219 Å². The highest BCUT2D eigenvalue weighted by Gasteiger charge is 2.41. The molecule has 2 aromatic carbocycles. The zero-order chi connectivity index (χ0) is 26.2. The van der Waals surface area contributed by atoms with Crippen LogP contribution in [0.1, 0.15) is 86.6 Å². The molecule has 0 N–H and O–H groups in total. The number of rotatable bonds is 9. The van der Waals surface area contributed by atoms with Crippen LogP contribution in [0.3, 0.4) is 0 Å². The van der Waals surface area contributed by atoms with Gasteiger partial charge in [0, 0.05) is 43.3 Å². The van der Waals surface area contributed by atoms with Gasteiger partial charge in [0.25, 0.3) is 0 Å². The first kappa shape index (κ1) is 25.6. The molecule has 2 aliphatic rings. The van der Waals surface area contributed by atoms with Crippen LogP contribution in [0.4, 0.5) is 0 Å². The normalized spacial score (nSPS) is 20.1. The molecule has 3 aromatic rings. The monoisotopic (exact) mass is 520 g/mol. The van der Waals surface area contributed by atoms with E-state index in [0.29, 0.717) is 36.7 Å². The van der Waals surface area contributed by atoms with Crippen LogP contribution in [-0.4, -0.2) is 52.8 Å². The Morgan fingerprint density at radius 3 is 2.30 bits per heavy atom. The number of aryl methyl sites for hydroxylation is 1. The summed E-state index contributed by atoms with van der Waals surface area (Å²) in [5.41, 5.74) is 2.19. The maximum atomic E-state index is 13.4. The summed E-state index contributed by atoms with van der Waals surface area (Å²) >= 11 is 0. The van der Waals surface area contributed by atoms with E-state index < -0.39 is 9.84 Å². The van der Waals surface area contributed by atoms with Gasteiger partial charge < -0.3 is 4.90 Å². The number of hydrogen-bond acceptors (Lipinski definition) is 5. The van der Waals surface area contributed by atoms with Crippen molar-refractivity contribution < 1.29 is 13.2 Å². The van der Waals surface area contributed by atoms with Crippen molar-refractivity contribution in [1.82, 2.24) is 19.7 Å². The summed E-state index contributed by atoms with van der Waals surface area (Å²) in [6.07, 6.45) is 3.28. The fourth-order valence-electron chi connectivity index (χ4n) is 5.25.